The summed E-state index contributed by atoms with van der Waals surface area (Å²) < 4.78 is 6.07. The predicted molar refractivity (Wildman–Crippen MR) is 76.5 cm³/mol. The average Bonchev–Trinajstić information content (AvgIpc) is 2.19. The van der Waals surface area contributed by atoms with Crippen molar-refractivity contribution in [1.82, 2.24) is 0 Å². The van der Waals surface area contributed by atoms with Crippen LogP contribution in [0.2, 0.25) is 0 Å². The maximum atomic E-state index is 11.7. The Balaban J connectivity index is 2.86. The molecule has 0 radical (unpaired) electrons. The lowest BCUT2D eigenvalue weighted by Gasteiger charge is -2.20. The van der Waals surface area contributed by atoms with Gasteiger partial charge in [-0.25, -0.2) is 4.79 Å². The van der Waals surface area contributed by atoms with Crippen molar-refractivity contribution in [1.29, 1.82) is 0 Å². The van der Waals surface area contributed by atoms with Crippen LogP contribution >= 0.6 is 15.9 Å². The number of benzene rings is 1. The van der Waals surface area contributed by atoms with Gasteiger partial charge in [0.25, 0.3) is 0 Å². The van der Waals surface area contributed by atoms with Crippen LogP contribution in [-0.4, -0.2) is 11.7 Å². The fourth-order valence-corrected chi connectivity index (χ4v) is 1.70. The Labute approximate surface area is 116 Å². The molecule has 0 atom stereocenters. The fraction of sp³-hybridized carbons (Fsp3) is 0.357. The van der Waals surface area contributed by atoms with Gasteiger partial charge in [0.1, 0.15) is 5.60 Å². The maximum absolute atomic E-state index is 11.7. The van der Waals surface area contributed by atoms with Gasteiger partial charge in [-0.05, 0) is 38.5 Å². The summed E-state index contributed by atoms with van der Waals surface area (Å²) in [7, 11) is 0. The van der Waals surface area contributed by atoms with E-state index in [-0.39, 0.29) is 0 Å². The largest absolute Gasteiger partial charge is 0.444 e. The second-order valence-electron chi connectivity index (χ2n) is 4.81. The molecule has 0 bridgehead atoms. The molecule has 18 heavy (non-hydrogen) atoms. The van der Waals surface area contributed by atoms with Crippen LogP contribution in [0.4, 0.5) is 10.5 Å². The van der Waals surface area contributed by atoms with Crippen LogP contribution in [0.3, 0.4) is 0 Å². The third-order valence-electron chi connectivity index (χ3n) is 2.00. The zero-order valence-corrected chi connectivity index (χ0v) is 12.3. The lowest BCUT2D eigenvalue weighted by atomic mass is 10.1. The van der Waals surface area contributed by atoms with Gasteiger partial charge in [-0.1, -0.05) is 22.0 Å². The van der Waals surface area contributed by atoms with Crippen molar-refractivity contribution >= 4 is 27.7 Å². The van der Waals surface area contributed by atoms with Crippen molar-refractivity contribution in [2.75, 3.05) is 5.32 Å². The molecule has 0 unspecified atom stereocenters. The van der Waals surface area contributed by atoms with Gasteiger partial charge in [-0.15, -0.1) is 12.3 Å². The molecule has 0 heterocycles. The van der Waals surface area contributed by atoms with Crippen molar-refractivity contribution in [3.63, 3.8) is 0 Å². The van der Waals surface area contributed by atoms with Crippen LogP contribution in [0.15, 0.2) is 22.7 Å². The van der Waals surface area contributed by atoms with E-state index in [0.29, 0.717) is 12.1 Å². The number of hydrogen-bond acceptors (Lipinski definition) is 2. The number of halogens is 1. The molecule has 1 aromatic rings. The van der Waals surface area contributed by atoms with E-state index >= 15 is 0 Å². The predicted octanol–water partition coefficient (Wildman–Crippen LogP) is 3.97. The van der Waals surface area contributed by atoms with E-state index in [1.807, 2.05) is 32.9 Å². The SMILES string of the molecule is C#CCc1ccc(Br)cc1NC(=O)OC(C)(C)C. The second kappa shape index (κ2) is 5.92. The number of rotatable bonds is 2. The van der Waals surface area contributed by atoms with Crippen LogP contribution in [0, 0.1) is 12.3 Å². The lowest BCUT2D eigenvalue weighted by molar-refractivity contribution is 0.0636. The highest BCUT2D eigenvalue weighted by atomic mass is 79.9. The molecule has 1 N–H and O–H groups in total. The van der Waals surface area contributed by atoms with Gasteiger partial charge in [0.05, 0.1) is 0 Å². The van der Waals surface area contributed by atoms with Crippen LogP contribution in [0.5, 0.6) is 0 Å². The topological polar surface area (TPSA) is 38.3 Å². The monoisotopic (exact) mass is 309 g/mol. The van der Waals surface area contributed by atoms with E-state index in [2.05, 4.69) is 27.2 Å². The lowest BCUT2D eigenvalue weighted by Crippen LogP contribution is -2.27. The first-order valence-electron chi connectivity index (χ1n) is 5.54. The molecule has 96 valence electrons. The quantitative estimate of drug-likeness (QED) is 0.839. The first-order chi connectivity index (χ1) is 8.31. The molecule has 3 nitrogen and oxygen atoms in total. The number of amides is 1. The van der Waals surface area contributed by atoms with Gasteiger partial charge in [-0.3, -0.25) is 5.32 Å². The van der Waals surface area contributed by atoms with Gasteiger partial charge in [0, 0.05) is 16.6 Å². The highest BCUT2D eigenvalue weighted by Gasteiger charge is 2.17. The summed E-state index contributed by atoms with van der Waals surface area (Å²) in [4.78, 5) is 11.7. The van der Waals surface area contributed by atoms with Gasteiger partial charge < -0.3 is 4.74 Å². The summed E-state index contributed by atoms with van der Waals surface area (Å²) in [6, 6.07) is 5.56. The molecule has 1 aromatic carbocycles. The molecule has 0 fully saturated rings. The molecular formula is C14H16BrNO2. The average molecular weight is 310 g/mol. The molecule has 0 aliphatic rings. The molecule has 0 aliphatic carbocycles. The van der Waals surface area contributed by atoms with Crippen molar-refractivity contribution in [2.24, 2.45) is 0 Å². The molecule has 0 saturated heterocycles. The van der Waals surface area contributed by atoms with Crippen LogP contribution in [-0.2, 0) is 11.2 Å². The summed E-state index contributed by atoms with van der Waals surface area (Å²) >= 11 is 3.35. The zero-order chi connectivity index (χ0) is 13.8. The van der Waals surface area contributed by atoms with Crippen molar-refractivity contribution < 1.29 is 9.53 Å². The third-order valence-corrected chi connectivity index (χ3v) is 2.49. The molecule has 1 amide bonds. The molecule has 0 aromatic heterocycles. The summed E-state index contributed by atoms with van der Waals surface area (Å²) in [5.41, 5.74) is 1.02. The van der Waals surface area contributed by atoms with Gasteiger partial charge >= 0.3 is 6.09 Å². The molecule has 0 saturated carbocycles. The molecule has 0 aliphatic heterocycles. The van der Waals surface area contributed by atoms with Crippen LogP contribution < -0.4 is 5.32 Å². The van der Waals surface area contributed by atoms with Gasteiger partial charge in [0.2, 0.25) is 0 Å². The number of ether oxygens (including phenoxy) is 1. The molecule has 4 heteroatoms. The van der Waals surface area contributed by atoms with Gasteiger partial charge in [0.15, 0.2) is 0 Å². The molecule has 0 spiro atoms. The van der Waals surface area contributed by atoms with E-state index < -0.39 is 11.7 Å². The minimum atomic E-state index is -0.525. The number of carbonyl (C=O) groups excluding carboxylic acids is 1. The number of hydrogen-bond donors (Lipinski definition) is 1. The van der Waals surface area contributed by atoms with Crippen LogP contribution in [0.25, 0.3) is 0 Å². The zero-order valence-electron chi connectivity index (χ0n) is 10.7. The van der Waals surface area contributed by atoms with Crippen molar-refractivity contribution in [3.8, 4) is 12.3 Å². The Morgan fingerprint density at radius 1 is 1.50 bits per heavy atom. The first-order valence-corrected chi connectivity index (χ1v) is 6.33. The summed E-state index contributed by atoms with van der Waals surface area (Å²) in [6.45, 7) is 5.45. The minimum absolute atomic E-state index is 0.457. The van der Waals surface area contributed by atoms with E-state index in [1.165, 1.54) is 0 Å². The molecule has 1 rings (SSSR count). The Morgan fingerprint density at radius 2 is 2.17 bits per heavy atom. The Morgan fingerprint density at radius 3 is 2.72 bits per heavy atom. The first kappa shape index (κ1) is 14.6. The van der Waals surface area contributed by atoms with E-state index in [1.54, 1.807) is 6.07 Å². The highest BCUT2D eigenvalue weighted by Crippen LogP contribution is 2.22. The molecular weight excluding hydrogens is 294 g/mol. The number of anilines is 1. The Kier molecular flexibility index (Phi) is 4.80. The third kappa shape index (κ3) is 4.80. The highest BCUT2D eigenvalue weighted by molar-refractivity contribution is 9.10. The number of carbonyl (C=O) groups is 1. The normalized spacial score (nSPS) is 10.6. The fourth-order valence-electron chi connectivity index (χ4n) is 1.34. The number of nitrogens with one attached hydrogen (secondary N) is 1. The Hall–Kier alpha value is -1.47. The van der Waals surface area contributed by atoms with E-state index in [0.717, 1.165) is 10.0 Å². The summed E-state index contributed by atoms with van der Waals surface area (Å²) in [6.07, 6.45) is 5.26. The van der Waals surface area contributed by atoms with E-state index in [9.17, 15) is 4.79 Å². The second-order valence-corrected chi connectivity index (χ2v) is 5.72. The van der Waals surface area contributed by atoms with Crippen LogP contribution in [0.1, 0.15) is 26.3 Å². The summed E-state index contributed by atoms with van der Waals surface area (Å²) in [5.74, 6) is 2.56. The smallest absolute Gasteiger partial charge is 0.412 e. The Bertz CT molecular complexity index is 484. The summed E-state index contributed by atoms with van der Waals surface area (Å²) in [5, 5.41) is 2.71. The van der Waals surface area contributed by atoms with Crippen molar-refractivity contribution in [3.05, 3.63) is 28.2 Å². The van der Waals surface area contributed by atoms with Gasteiger partial charge in [-0.2, -0.15) is 0 Å². The maximum Gasteiger partial charge on any atom is 0.412 e. The van der Waals surface area contributed by atoms with Crippen molar-refractivity contribution in [2.45, 2.75) is 32.8 Å². The minimum Gasteiger partial charge on any atom is -0.444 e. The van der Waals surface area contributed by atoms with E-state index in [4.69, 9.17) is 11.2 Å². The standard InChI is InChI=1S/C14H16BrNO2/c1-5-6-10-7-8-11(15)9-12(10)16-13(17)18-14(2,3)4/h1,7-9H,6H2,2-4H3,(H,16,17). The number of terminal acetylenes is 1.